The highest BCUT2D eigenvalue weighted by atomic mass is 79.9. The molecule has 0 aliphatic rings. The molecule has 0 aliphatic carbocycles. The Morgan fingerprint density at radius 3 is 2.41 bits per heavy atom. The van der Waals surface area contributed by atoms with Crippen molar-refractivity contribution in [2.24, 2.45) is 0 Å². The Bertz CT molecular complexity index is 1520. The summed E-state index contributed by atoms with van der Waals surface area (Å²) >= 11 is 3.28. The Balaban J connectivity index is 1.72. The molecule has 4 aromatic rings. The lowest BCUT2D eigenvalue weighted by Crippen LogP contribution is -2.31. The molecule has 0 spiro atoms. The lowest BCUT2D eigenvalue weighted by atomic mass is 9.94. The van der Waals surface area contributed by atoms with Crippen LogP contribution < -0.4 is 9.46 Å². The van der Waals surface area contributed by atoms with Crippen molar-refractivity contribution in [3.8, 4) is 16.9 Å². The highest BCUT2D eigenvalue weighted by molar-refractivity contribution is 9.10. The Morgan fingerprint density at radius 1 is 0.892 bits per heavy atom. The summed E-state index contributed by atoms with van der Waals surface area (Å²) in [6.07, 6.45) is 1.27. The molecule has 7 heteroatoms. The van der Waals surface area contributed by atoms with Gasteiger partial charge in [0.15, 0.2) is 0 Å². The van der Waals surface area contributed by atoms with Crippen LogP contribution in [0.4, 0.5) is 0 Å². The summed E-state index contributed by atoms with van der Waals surface area (Å²) in [4.78, 5) is 13.3. The van der Waals surface area contributed by atoms with Gasteiger partial charge in [-0.15, -0.1) is 0 Å². The van der Waals surface area contributed by atoms with Gasteiger partial charge in [0.2, 0.25) is 0 Å². The summed E-state index contributed by atoms with van der Waals surface area (Å²) in [6.45, 7) is 4.49. The maximum absolute atomic E-state index is 13.3. The molecule has 0 fully saturated rings. The van der Waals surface area contributed by atoms with Gasteiger partial charge in [0.25, 0.3) is 15.9 Å². The van der Waals surface area contributed by atoms with E-state index < -0.39 is 15.9 Å². The molecule has 0 atom stereocenters. The normalized spacial score (nSPS) is 11.2. The van der Waals surface area contributed by atoms with Crippen LogP contribution in [0.25, 0.3) is 11.1 Å². The van der Waals surface area contributed by atoms with Gasteiger partial charge in [-0.25, -0.2) is 13.1 Å². The minimum absolute atomic E-state index is 0.0128. The van der Waals surface area contributed by atoms with E-state index in [0.29, 0.717) is 29.5 Å². The smallest absolute Gasteiger partial charge is 0.265 e. The van der Waals surface area contributed by atoms with E-state index in [1.165, 1.54) is 12.1 Å². The van der Waals surface area contributed by atoms with Crippen molar-refractivity contribution in [1.82, 2.24) is 4.72 Å². The van der Waals surface area contributed by atoms with Crippen molar-refractivity contribution in [3.05, 3.63) is 118 Å². The Labute approximate surface area is 226 Å². The Hall–Kier alpha value is -3.42. The molecule has 4 aromatic carbocycles. The molecule has 5 nitrogen and oxygen atoms in total. The minimum atomic E-state index is -4.05. The van der Waals surface area contributed by atoms with Crippen LogP contribution in [0, 0.1) is 6.92 Å². The third-order valence-corrected chi connectivity index (χ3v) is 7.78. The molecule has 190 valence electrons. The molecule has 4 rings (SSSR count). The second kappa shape index (κ2) is 11.8. The Morgan fingerprint density at radius 2 is 1.68 bits per heavy atom. The zero-order valence-electron chi connectivity index (χ0n) is 20.7. The molecule has 0 saturated heterocycles. The number of hydrogen-bond acceptors (Lipinski definition) is 4. The number of aryl methyl sites for hydroxylation is 3. The van der Waals surface area contributed by atoms with E-state index in [2.05, 4.69) is 26.7 Å². The van der Waals surface area contributed by atoms with Crippen molar-refractivity contribution in [2.75, 3.05) is 6.61 Å². The number of amides is 1. The largest absolute Gasteiger partial charge is 0.493 e. The van der Waals surface area contributed by atoms with Gasteiger partial charge >= 0.3 is 0 Å². The number of nitrogens with one attached hydrogen (secondary N) is 1. The van der Waals surface area contributed by atoms with Gasteiger partial charge in [-0.3, -0.25) is 4.79 Å². The van der Waals surface area contributed by atoms with Crippen molar-refractivity contribution in [3.63, 3.8) is 0 Å². The van der Waals surface area contributed by atoms with Gasteiger partial charge in [-0.05, 0) is 79.8 Å². The average Bonchev–Trinajstić information content (AvgIpc) is 2.89. The summed E-state index contributed by atoms with van der Waals surface area (Å²) in [6, 6.07) is 27.7. The second-order valence-corrected chi connectivity index (χ2v) is 11.3. The van der Waals surface area contributed by atoms with Crippen LogP contribution in [0.3, 0.4) is 0 Å². The predicted octanol–water partition coefficient (Wildman–Crippen LogP) is 6.73. The van der Waals surface area contributed by atoms with E-state index in [0.717, 1.165) is 33.6 Å². The Kier molecular flexibility index (Phi) is 8.46. The first-order valence-corrected chi connectivity index (χ1v) is 14.3. The van der Waals surface area contributed by atoms with Crippen LogP contribution in [0.2, 0.25) is 0 Å². The SMILES string of the molecule is CCOc1ccc(C)cc1-c1ccc(C(=O)NS(=O)(=O)c2cccc(Br)c2)c(CCc2ccccc2)c1. The van der Waals surface area contributed by atoms with Gasteiger partial charge in [-0.2, -0.15) is 0 Å². The van der Waals surface area contributed by atoms with Crippen LogP contribution in [-0.2, 0) is 22.9 Å². The van der Waals surface area contributed by atoms with Gasteiger partial charge < -0.3 is 4.74 Å². The van der Waals surface area contributed by atoms with E-state index in [1.54, 1.807) is 18.2 Å². The topological polar surface area (TPSA) is 72.5 Å². The van der Waals surface area contributed by atoms with E-state index >= 15 is 0 Å². The molecular formula is C30H28BrNO4S. The lowest BCUT2D eigenvalue weighted by molar-refractivity contribution is 0.0980. The number of rotatable bonds is 9. The van der Waals surface area contributed by atoms with Crippen molar-refractivity contribution in [2.45, 2.75) is 31.6 Å². The fraction of sp³-hybridized carbons (Fsp3) is 0.167. The molecule has 1 amide bonds. The molecule has 0 aromatic heterocycles. The maximum Gasteiger partial charge on any atom is 0.265 e. The zero-order chi connectivity index (χ0) is 26.4. The maximum atomic E-state index is 13.3. The van der Waals surface area contributed by atoms with Gasteiger partial charge in [0, 0.05) is 15.6 Å². The highest BCUT2D eigenvalue weighted by Gasteiger charge is 2.22. The number of ether oxygens (including phenoxy) is 1. The van der Waals surface area contributed by atoms with Crippen molar-refractivity contribution >= 4 is 31.9 Å². The summed E-state index contributed by atoms with van der Waals surface area (Å²) < 4.78 is 34.6. The first-order chi connectivity index (χ1) is 17.8. The van der Waals surface area contributed by atoms with Crippen LogP contribution in [0.1, 0.15) is 34.0 Å². The summed E-state index contributed by atoms with van der Waals surface area (Å²) in [5.74, 6) is 0.0976. The monoisotopic (exact) mass is 577 g/mol. The minimum Gasteiger partial charge on any atom is -0.493 e. The number of carbonyl (C=O) groups excluding carboxylic acids is 1. The van der Waals surface area contributed by atoms with E-state index in [4.69, 9.17) is 4.74 Å². The molecular weight excluding hydrogens is 550 g/mol. The standard InChI is InChI=1S/C30H28BrNO4S/c1-3-36-29-17-12-21(2)18-28(29)24-15-16-27(23(19-24)14-13-22-8-5-4-6-9-22)30(33)32-37(34,35)26-11-7-10-25(31)20-26/h4-12,15-20H,3,13-14H2,1-2H3,(H,32,33). The van der Waals surface area contributed by atoms with E-state index in [9.17, 15) is 13.2 Å². The fourth-order valence-corrected chi connectivity index (χ4v) is 5.70. The molecule has 1 N–H and O–H groups in total. The number of hydrogen-bond donors (Lipinski definition) is 1. The predicted molar refractivity (Wildman–Crippen MR) is 150 cm³/mol. The first kappa shape index (κ1) is 26.6. The van der Waals surface area contributed by atoms with Crippen LogP contribution >= 0.6 is 15.9 Å². The summed E-state index contributed by atoms with van der Waals surface area (Å²) in [5, 5.41) is 0. The summed E-state index contributed by atoms with van der Waals surface area (Å²) in [7, 11) is -4.05. The first-order valence-electron chi connectivity index (χ1n) is 12.0. The quantitative estimate of drug-likeness (QED) is 0.239. The lowest BCUT2D eigenvalue weighted by Gasteiger charge is -2.16. The van der Waals surface area contributed by atoms with E-state index in [-0.39, 0.29) is 4.90 Å². The number of carbonyl (C=O) groups is 1. The average molecular weight is 579 g/mol. The number of halogens is 1. The number of sulfonamides is 1. The molecule has 0 heterocycles. The van der Waals surface area contributed by atoms with Crippen molar-refractivity contribution < 1.29 is 17.9 Å². The molecule has 37 heavy (non-hydrogen) atoms. The molecule has 0 radical (unpaired) electrons. The fourth-order valence-electron chi connectivity index (χ4n) is 4.13. The molecule has 0 bridgehead atoms. The van der Waals surface area contributed by atoms with E-state index in [1.807, 2.05) is 68.4 Å². The van der Waals surface area contributed by atoms with Gasteiger partial charge in [0.1, 0.15) is 5.75 Å². The zero-order valence-corrected chi connectivity index (χ0v) is 23.1. The molecule has 0 saturated carbocycles. The third-order valence-electron chi connectivity index (χ3n) is 5.96. The highest BCUT2D eigenvalue weighted by Crippen LogP contribution is 2.33. The third kappa shape index (κ3) is 6.67. The van der Waals surface area contributed by atoms with Gasteiger partial charge in [0.05, 0.1) is 11.5 Å². The van der Waals surface area contributed by atoms with Crippen LogP contribution in [0.5, 0.6) is 5.75 Å². The van der Waals surface area contributed by atoms with Crippen LogP contribution in [-0.4, -0.2) is 20.9 Å². The summed E-state index contributed by atoms with van der Waals surface area (Å²) in [5.41, 5.74) is 5.13. The molecule has 0 unspecified atom stereocenters. The molecule has 0 aliphatic heterocycles. The van der Waals surface area contributed by atoms with Gasteiger partial charge in [-0.1, -0.05) is 76.1 Å². The second-order valence-electron chi connectivity index (χ2n) is 8.68. The number of benzene rings is 4. The van der Waals surface area contributed by atoms with Crippen molar-refractivity contribution in [1.29, 1.82) is 0 Å². The van der Waals surface area contributed by atoms with Crippen LogP contribution in [0.15, 0.2) is 100 Å².